The van der Waals surface area contributed by atoms with Gasteiger partial charge in [0.25, 0.3) is 0 Å². The monoisotopic (exact) mass is 375 g/mol. The van der Waals surface area contributed by atoms with Crippen LogP contribution in [0.5, 0.6) is 0 Å². The summed E-state index contributed by atoms with van der Waals surface area (Å²) in [6, 6.07) is -0.673. The van der Waals surface area contributed by atoms with Crippen molar-refractivity contribution in [2.75, 3.05) is 64.0 Å². The molecule has 3 rings (SSSR count). The largest absolute Gasteiger partial charge is 0.481 e. The number of morpholine rings is 1. The molecular weight excluding hydrogens is 350 g/mol. The first kappa shape index (κ1) is 18.6. The zero-order valence-electron chi connectivity index (χ0n) is 14.2. The number of carboxylic acids is 1. The van der Waals surface area contributed by atoms with Crippen LogP contribution < -0.4 is 0 Å². The summed E-state index contributed by atoms with van der Waals surface area (Å²) in [5.74, 6) is -0.982. The van der Waals surface area contributed by atoms with E-state index in [2.05, 4.69) is 0 Å². The molecule has 0 saturated carbocycles. The molecule has 0 spiro atoms. The number of carbonyl (C=O) groups excluding carboxylic acids is 1. The first-order valence-corrected chi connectivity index (χ1v) is 10.4. The van der Waals surface area contributed by atoms with E-state index in [1.165, 1.54) is 0 Å². The highest BCUT2D eigenvalue weighted by Gasteiger charge is 2.47. The van der Waals surface area contributed by atoms with E-state index >= 15 is 0 Å². The van der Waals surface area contributed by atoms with Crippen molar-refractivity contribution >= 4 is 21.7 Å². The molecule has 25 heavy (non-hydrogen) atoms. The molecule has 0 aromatic carbocycles. The van der Waals surface area contributed by atoms with Gasteiger partial charge < -0.3 is 14.7 Å². The molecule has 3 saturated heterocycles. The van der Waals surface area contributed by atoms with Crippen LogP contribution in [0.15, 0.2) is 0 Å². The average molecular weight is 375 g/mol. The number of carboxylic acid groups (broad SMARTS) is 1. The van der Waals surface area contributed by atoms with E-state index < -0.39 is 15.8 Å². The van der Waals surface area contributed by atoms with E-state index in [0.717, 1.165) is 0 Å². The van der Waals surface area contributed by atoms with Crippen molar-refractivity contribution in [3.63, 3.8) is 0 Å². The molecule has 3 heterocycles. The van der Waals surface area contributed by atoms with Crippen molar-refractivity contribution in [1.29, 1.82) is 0 Å². The fraction of sp³-hybridized carbons (Fsp3) is 0.867. The lowest BCUT2D eigenvalue weighted by Gasteiger charge is -2.44. The molecule has 0 aromatic rings. The molecule has 3 aliphatic heterocycles. The van der Waals surface area contributed by atoms with Crippen LogP contribution in [0.2, 0.25) is 0 Å². The third-order valence-corrected chi connectivity index (χ3v) is 6.89. The van der Waals surface area contributed by atoms with Crippen molar-refractivity contribution in [3.05, 3.63) is 0 Å². The summed E-state index contributed by atoms with van der Waals surface area (Å²) in [5.41, 5.74) is 0. The summed E-state index contributed by atoms with van der Waals surface area (Å²) in [7, 11) is -3.22. The molecule has 2 atom stereocenters. The smallest absolute Gasteiger partial charge is 0.304 e. The quantitative estimate of drug-likeness (QED) is 0.594. The van der Waals surface area contributed by atoms with Gasteiger partial charge in [0.2, 0.25) is 5.91 Å². The predicted octanol–water partition coefficient (Wildman–Crippen LogP) is -1.90. The molecule has 1 N–H and O–H groups in total. The topological polar surface area (TPSA) is 107 Å². The van der Waals surface area contributed by atoms with Gasteiger partial charge in [0.1, 0.15) is 0 Å². The van der Waals surface area contributed by atoms with Crippen LogP contribution in [0, 0.1) is 0 Å². The highest BCUT2D eigenvalue weighted by atomic mass is 32.2. The number of amides is 1. The number of ether oxygens (including phenoxy) is 1. The van der Waals surface area contributed by atoms with Gasteiger partial charge in [-0.25, -0.2) is 8.42 Å². The van der Waals surface area contributed by atoms with Crippen LogP contribution in [0.3, 0.4) is 0 Å². The Hall–Kier alpha value is -1.23. The second-order valence-electron chi connectivity index (χ2n) is 6.87. The Morgan fingerprint density at radius 3 is 2.40 bits per heavy atom. The summed E-state index contributed by atoms with van der Waals surface area (Å²) in [4.78, 5) is 29.2. The summed E-state index contributed by atoms with van der Waals surface area (Å²) >= 11 is 0. The van der Waals surface area contributed by atoms with Gasteiger partial charge in [-0.1, -0.05) is 0 Å². The molecule has 1 amide bonds. The van der Waals surface area contributed by atoms with Gasteiger partial charge >= 0.3 is 5.97 Å². The van der Waals surface area contributed by atoms with Crippen molar-refractivity contribution < 1.29 is 27.9 Å². The summed E-state index contributed by atoms with van der Waals surface area (Å²) in [5, 5.41) is 8.88. The Morgan fingerprint density at radius 1 is 1.04 bits per heavy atom. The van der Waals surface area contributed by atoms with Gasteiger partial charge in [0.15, 0.2) is 9.84 Å². The SMILES string of the molecule is O=C(O)CCN1CCN(C(=O)CN2CCOCC2)[C@@H]2CS(=O)(=O)C[C@@H]21. The lowest BCUT2D eigenvalue weighted by molar-refractivity contribution is -0.141. The number of hydrogen-bond acceptors (Lipinski definition) is 7. The minimum absolute atomic E-state index is 0.00137. The lowest BCUT2D eigenvalue weighted by Crippen LogP contribution is -2.62. The molecule has 0 aromatic heterocycles. The Labute approximate surface area is 147 Å². The van der Waals surface area contributed by atoms with E-state index in [-0.39, 0.29) is 42.5 Å². The number of rotatable bonds is 5. The summed E-state index contributed by atoms with van der Waals surface area (Å²) in [6.07, 6.45) is -0.0228. The minimum Gasteiger partial charge on any atom is -0.481 e. The summed E-state index contributed by atoms with van der Waals surface area (Å²) < 4.78 is 29.5. The Kier molecular flexibility index (Phi) is 5.62. The Morgan fingerprint density at radius 2 is 1.72 bits per heavy atom. The number of fused-ring (bicyclic) bond motifs is 1. The van der Waals surface area contributed by atoms with Crippen LogP contribution in [0.4, 0.5) is 0 Å². The number of sulfone groups is 1. The van der Waals surface area contributed by atoms with Crippen molar-refractivity contribution in [3.8, 4) is 0 Å². The van der Waals surface area contributed by atoms with Crippen LogP contribution in [-0.4, -0.2) is 116 Å². The van der Waals surface area contributed by atoms with E-state index in [9.17, 15) is 18.0 Å². The fourth-order valence-corrected chi connectivity index (χ4v) is 5.90. The first-order chi connectivity index (χ1) is 11.9. The van der Waals surface area contributed by atoms with Crippen LogP contribution in [0.25, 0.3) is 0 Å². The first-order valence-electron chi connectivity index (χ1n) is 8.61. The molecule has 0 radical (unpaired) electrons. The molecule has 3 aliphatic rings. The van der Waals surface area contributed by atoms with Crippen LogP contribution in [0.1, 0.15) is 6.42 Å². The van der Waals surface area contributed by atoms with Crippen LogP contribution in [-0.2, 0) is 24.2 Å². The normalized spacial score (nSPS) is 30.2. The van der Waals surface area contributed by atoms with E-state index in [4.69, 9.17) is 9.84 Å². The Balaban J connectivity index is 1.67. The summed E-state index contributed by atoms with van der Waals surface area (Å²) in [6.45, 7) is 4.18. The van der Waals surface area contributed by atoms with Gasteiger partial charge in [0.05, 0.1) is 43.7 Å². The number of aliphatic carboxylic acids is 1. The van der Waals surface area contributed by atoms with Gasteiger partial charge in [-0.15, -0.1) is 0 Å². The van der Waals surface area contributed by atoms with E-state index in [0.29, 0.717) is 45.9 Å². The van der Waals surface area contributed by atoms with Gasteiger partial charge in [0, 0.05) is 38.8 Å². The van der Waals surface area contributed by atoms with Crippen molar-refractivity contribution in [2.24, 2.45) is 0 Å². The molecule has 0 aliphatic carbocycles. The zero-order chi connectivity index (χ0) is 18.0. The molecule has 10 heteroatoms. The second kappa shape index (κ2) is 7.56. The van der Waals surface area contributed by atoms with Crippen LogP contribution >= 0.6 is 0 Å². The van der Waals surface area contributed by atoms with E-state index in [1.807, 2.05) is 9.80 Å². The molecule has 0 unspecified atom stereocenters. The number of hydrogen-bond donors (Lipinski definition) is 1. The maximum absolute atomic E-state index is 12.7. The van der Waals surface area contributed by atoms with Gasteiger partial charge in [-0.3, -0.25) is 19.4 Å². The minimum atomic E-state index is -3.22. The second-order valence-corrected chi connectivity index (χ2v) is 9.02. The van der Waals surface area contributed by atoms with E-state index in [1.54, 1.807) is 4.90 Å². The predicted molar refractivity (Wildman–Crippen MR) is 89.0 cm³/mol. The third kappa shape index (κ3) is 4.49. The molecule has 9 nitrogen and oxygen atoms in total. The van der Waals surface area contributed by atoms with Gasteiger partial charge in [-0.05, 0) is 0 Å². The number of nitrogens with zero attached hydrogens (tertiary/aromatic N) is 3. The maximum atomic E-state index is 12.7. The molecule has 142 valence electrons. The number of piperazine rings is 1. The standard InChI is InChI=1S/C15H25N3O6S/c19-14(9-16-5-7-24-8-6-16)18-4-3-17(2-1-15(20)21)12-10-25(22,23)11-13(12)18/h12-13H,1-11H2,(H,20,21)/t12-,13+/m0/s1. The highest BCUT2D eigenvalue weighted by Crippen LogP contribution is 2.27. The molecule has 3 fully saturated rings. The van der Waals surface area contributed by atoms with Crippen molar-refractivity contribution in [1.82, 2.24) is 14.7 Å². The number of carbonyl (C=O) groups is 2. The zero-order valence-corrected chi connectivity index (χ0v) is 15.0. The highest BCUT2D eigenvalue weighted by molar-refractivity contribution is 7.91. The maximum Gasteiger partial charge on any atom is 0.304 e. The third-order valence-electron chi connectivity index (χ3n) is 5.19. The average Bonchev–Trinajstić information content (AvgIpc) is 2.88. The van der Waals surface area contributed by atoms with Crippen molar-refractivity contribution in [2.45, 2.75) is 18.5 Å². The Bertz CT molecular complexity index is 619. The lowest BCUT2D eigenvalue weighted by atomic mass is 10.0. The molecular formula is C15H25N3O6S. The van der Waals surface area contributed by atoms with Gasteiger partial charge in [-0.2, -0.15) is 0 Å². The molecule has 0 bridgehead atoms. The fourth-order valence-electron chi connectivity index (χ4n) is 3.89.